The molecule has 0 aliphatic rings. The molecule has 2 nitrogen and oxygen atoms in total. The molecule has 0 bridgehead atoms. The van der Waals surface area contributed by atoms with Crippen molar-refractivity contribution in [3.8, 4) is 0 Å². The Hall–Kier alpha value is -2.22. The Labute approximate surface area is 125 Å². The third-order valence-electron chi connectivity index (χ3n) is 4.04. The fourth-order valence-corrected chi connectivity index (χ4v) is 2.87. The van der Waals surface area contributed by atoms with Crippen molar-refractivity contribution in [2.24, 2.45) is 0 Å². The second kappa shape index (κ2) is 5.65. The zero-order valence-corrected chi connectivity index (χ0v) is 12.8. The maximum Gasteiger partial charge on any atom is 0.134 e. The molecule has 0 aliphatic carbocycles. The normalized spacial score (nSPS) is 12.5. The molecule has 1 heterocycles. The molecule has 0 fully saturated rings. The van der Waals surface area contributed by atoms with Gasteiger partial charge in [-0.15, -0.1) is 0 Å². The summed E-state index contributed by atoms with van der Waals surface area (Å²) in [5, 5.41) is 4.78. The summed E-state index contributed by atoms with van der Waals surface area (Å²) in [6, 6.07) is 16.8. The molecule has 21 heavy (non-hydrogen) atoms. The van der Waals surface area contributed by atoms with Gasteiger partial charge < -0.3 is 9.73 Å². The lowest BCUT2D eigenvalue weighted by Gasteiger charge is -2.16. The molecule has 1 unspecified atom stereocenters. The molecule has 1 aromatic heterocycles. The highest BCUT2D eigenvalue weighted by atomic mass is 16.3. The molecule has 2 heteroatoms. The highest BCUT2D eigenvalue weighted by Crippen LogP contribution is 2.31. The number of rotatable bonds is 4. The van der Waals surface area contributed by atoms with Crippen LogP contribution >= 0.6 is 0 Å². The van der Waals surface area contributed by atoms with E-state index in [4.69, 9.17) is 4.42 Å². The van der Waals surface area contributed by atoms with Gasteiger partial charge in [0, 0.05) is 16.6 Å². The number of hydrogen-bond donors (Lipinski definition) is 1. The summed E-state index contributed by atoms with van der Waals surface area (Å²) >= 11 is 0. The smallest absolute Gasteiger partial charge is 0.134 e. The van der Waals surface area contributed by atoms with Gasteiger partial charge in [-0.25, -0.2) is 0 Å². The van der Waals surface area contributed by atoms with Crippen LogP contribution in [0, 0.1) is 6.92 Å². The maximum atomic E-state index is 6.04. The Bertz CT molecular complexity index is 757. The molecule has 0 amide bonds. The Morgan fingerprint density at radius 3 is 2.52 bits per heavy atom. The van der Waals surface area contributed by atoms with E-state index < -0.39 is 0 Å². The average Bonchev–Trinajstić information content (AvgIpc) is 2.85. The Morgan fingerprint density at radius 2 is 1.76 bits per heavy atom. The van der Waals surface area contributed by atoms with Gasteiger partial charge in [0.15, 0.2) is 0 Å². The van der Waals surface area contributed by atoms with Gasteiger partial charge >= 0.3 is 0 Å². The van der Waals surface area contributed by atoms with Crippen molar-refractivity contribution in [1.82, 2.24) is 0 Å². The zero-order chi connectivity index (χ0) is 14.8. The van der Waals surface area contributed by atoms with Gasteiger partial charge in [-0.1, -0.05) is 43.3 Å². The second-order valence-electron chi connectivity index (χ2n) is 5.46. The van der Waals surface area contributed by atoms with Crippen molar-refractivity contribution in [2.45, 2.75) is 33.2 Å². The third-order valence-corrected chi connectivity index (χ3v) is 4.04. The number of fused-ring (bicyclic) bond motifs is 1. The van der Waals surface area contributed by atoms with Crippen LogP contribution in [-0.2, 0) is 6.42 Å². The monoisotopic (exact) mass is 279 g/mol. The lowest BCUT2D eigenvalue weighted by molar-refractivity contribution is 0.522. The van der Waals surface area contributed by atoms with Gasteiger partial charge in [0.05, 0.1) is 6.04 Å². The molecule has 0 radical (unpaired) electrons. The highest BCUT2D eigenvalue weighted by Gasteiger charge is 2.16. The number of furan rings is 1. The van der Waals surface area contributed by atoms with Crippen molar-refractivity contribution in [2.75, 3.05) is 5.32 Å². The molecule has 0 saturated heterocycles. The number of benzene rings is 2. The van der Waals surface area contributed by atoms with E-state index in [1.165, 1.54) is 22.2 Å². The lowest BCUT2D eigenvalue weighted by Crippen LogP contribution is -2.08. The summed E-state index contributed by atoms with van der Waals surface area (Å²) < 4.78 is 6.04. The Balaban J connectivity index is 1.93. The first-order chi connectivity index (χ1) is 10.2. The first kappa shape index (κ1) is 13.7. The van der Waals surface area contributed by atoms with E-state index in [1.54, 1.807) is 0 Å². The van der Waals surface area contributed by atoms with Gasteiger partial charge in [0.25, 0.3) is 0 Å². The van der Waals surface area contributed by atoms with E-state index in [0.29, 0.717) is 0 Å². The molecule has 0 spiro atoms. The van der Waals surface area contributed by atoms with Crippen molar-refractivity contribution >= 4 is 16.7 Å². The maximum absolute atomic E-state index is 6.04. The summed E-state index contributed by atoms with van der Waals surface area (Å²) in [5.41, 5.74) is 4.70. The molecule has 0 saturated carbocycles. The zero-order valence-electron chi connectivity index (χ0n) is 12.8. The summed E-state index contributed by atoms with van der Waals surface area (Å²) in [6.45, 7) is 6.46. The quantitative estimate of drug-likeness (QED) is 0.684. The van der Waals surface area contributed by atoms with Crippen molar-refractivity contribution in [3.63, 3.8) is 0 Å². The first-order valence-electron chi connectivity index (χ1n) is 7.53. The van der Waals surface area contributed by atoms with Crippen LogP contribution < -0.4 is 5.32 Å². The van der Waals surface area contributed by atoms with E-state index in [-0.39, 0.29) is 6.04 Å². The average molecular weight is 279 g/mol. The summed E-state index contributed by atoms with van der Waals surface area (Å²) in [4.78, 5) is 0. The Morgan fingerprint density at radius 1 is 1.05 bits per heavy atom. The molecular weight excluding hydrogens is 258 g/mol. The number of aryl methyl sites for hydroxylation is 2. The highest BCUT2D eigenvalue weighted by molar-refractivity contribution is 5.82. The summed E-state index contributed by atoms with van der Waals surface area (Å²) in [6.07, 6.45) is 1.02. The first-order valence-corrected chi connectivity index (χ1v) is 7.53. The molecule has 1 atom stereocenters. The second-order valence-corrected chi connectivity index (χ2v) is 5.46. The van der Waals surface area contributed by atoms with Gasteiger partial charge in [-0.2, -0.15) is 0 Å². The van der Waals surface area contributed by atoms with Crippen LogP contribution in [0.15, 0.2) is 52.9 Å². The largest absolute Gasteiger partial charge is 0.459 e. The topological polar surface area (TPSA) is 25.2 Å². The van der Waals surface area contributed by atoms with E-state index in [2.05, 4.69) is 62.5 Å². The molecular formula is C19H21NO. The lowest BCUT2D eigenvalue weighted by atomic mass is 10.1. The minimum atomic E-state index is 0.144. The van der Waals surface area contributed by atoms with Crippen molar-refractivity contribution < 1.29 is 4.42 Å². The number of nitrogens with one attached hydrogen (secondary N) is 1. The molecule has 3 aromatic rings. The standard InChI is InChI=1S/C19H21NO/c1-4-15-9-5-7-11-17(15)20-14(3)19-13(2)16-10-6-8-12-18(16)21-19/h5-12,14,20H,4H2,1-3H3. The van der Waals surface area contributed by atoms with Gasteiger partial charge in [0.1, 0.15) is 11.3 Å². The van der Waals surface area contributed by atoms with E-state index in [1.807, 2.05) is 12.1 Å². The molecule has 108 valence electrons. The van der Waals surface area contributed by atoms with Gasteiger partial charge in [-0.05, 0) is 38.0 Å². The molecule has 2 aromatic carbocycles. The van der Waals surface area contributed by atoms with E-state index >= 15 is 0 Å². The van der Waals surface area contributed by atoms with Crippen molar-refractivity contribution in [1.29, 1.82) is 0 Å². The Kier molecular flexibility index (Phi) is 3.70. The van der Waals surface area contributed by atoms with Crippen LogP contribution in [-0.4, -0.2) is 0 Å². The van der Waals surface area contributed by atoms with Crippen LogP contribution in [0.2, 0.25) is 0 Å². The van der Waals surface area contributed by atoms with Crippen LogP contribution in [0.5, 0.6) is 0 Å². The number of para-hydroxylation sites is 2. The van der Waals surface area contributed by atoms with Crippen LogP contribution in [0.25, 0.3) is 11.0 Å². The summed E-state index contributed by atoms with van der Waals surface area (Å²) in [5.74, 6) is 1.02. The van der Waals surface area contributed by atoms with E-state index in [9.17, 15) is 0 Å². The van der Waals surface area contributed by atoms with Crippen LogP contribution in [0.1, 0.15) is 36.8 Å². The SMILES string of the molecule is CCc1ccccc1NC(C)c1oc2ccccc2c1C. The van der Waals surface area contributed by atoms with E-state index in [0.717, 1.165) is 17.8 Å². The minimum absolute atomic E-state index is 0.144. The molecule has 0 aliphatic heterocycles. The fraction of sp³-hybridized carbons (Fsp3) is 0.263. The third kappa shape index (κ3) is 2.54. The van der Waals surface area contributed by atoms with Crippen molar-refractivity contribution in [3.05, 3.63) is 65.4 Å². The summed E-state index contributed by atoms with van der Waals surface area (Å²) in [7, 11) is 0. The van der Waals surface area contributed by atoms with Crippen LogP contribution in [0.4, 0.5) is 5.69 Å². The molecule has 3 rings (SSSR count). The minimum Gasteiger partial charge on any atom is -0.459 e. The number of anilines is 1. The number of hydrogen-bond acceptors (Lipinski definition) is 2. The van der Waals surface area contributed by atoms with Crippen LogP contribution in [0.3, 0.4) is 0 Å². The molecule has 1 N–H and O–H groups in total. The predicted molar refractivity (Wildman–Crippen MR) is 88.8 cm³/mol. The fourth-order valence-electron chi connectivity index (χ4n) is 2.87. The predicted octanol–water partition coefficient (Wildman–Crippen LogP) is 5.48. The van der Waals surface area contributed by atoms with Gasteiger partial charge in [0.2, 0.25) is 0 Å². The van der Waals surface area contributed by atoms with Gasteiger partial charge in [-0.3, -0.25) is 0 Å².